The maximum Gasteiger partial charge on any atom is 0.119 e. The lowest BCUT2D eigenvalue weighted by molar-refractivity contribution is 0.327. The molecule has 0 bridgehead atoms. The Hall–Kier alpha value is -1.42. The van der Waals surface area contributed by atoms with Gasteiger partial charge >= 0.3 is 0 Å². The molecule has 0 amide bonds. The van der Waals surface area contributed by atoms with Crippen molar-refractivity contribution in [2.75, 3.05) is 6.61 Å². The quantitative estimate of drug-likeness (QED) is 0.505. The first-order valence-electron chi connectivity index (χ1n) is 4.57. The van der Waals surface area contributed by atoms with E-state index in [1.807, 2.05) is 37.3 Å². The van der Waals surface area contributed by atoms with Crippen LogP contribution in [0.1, 0.15) is 19.8 Å². The molecule has 1 aromatic carbocycles. The highest BCUT2D eigenvalue weighted by atomic mass is 16.5. The summed E-state index contributed by atoms with van der Waals surface area (Å²) >= 11 is 0. The molecule has 0 saturated heterocycles. The Morgan fingerprint density at radius 3 is 2.62 bits per heavy atom. The minimum atomic E-state index is 0.678. The lowest BCUT2D eigenvalue weighted by atomic mass is 10.3. The summed E-state index contributed by atoms with van der Waals surface area (Å²) in [5.74, 6) is 6.95. The Labute approximate surface area is 79.7 Å². The van der Waals surface area contributed by atoms with Crippen molar-refractivity contribution in [3.05, 3.63) is 30.3 Å². The van der Waals surface area contributed by atoms with Gasteiger partial charge in [-0.25, -0.2) is 0 Å². The van der Waals surface area contributed by atoms with Gasteiger partial charge in [0.2, 0.25) is 0 Å². The highest BCUT2D eigenvalue weighted by Gasteiger charge is 1.87. The minimum Gasteiger partial charge on any atom is -0.493 e. The SMILES string of the molecule is CCC#CCCOc1ccccc1. The number of hydrogen-bond donors (Lipinski definition) is 0. The highest BCUT2D eigenvalue weighted by molar-refractivity contribution is 5.20. The minimum absolute atomic E-state index is 0.678. The maximum atomic E-state index is 5.45. The van der Waals surface area contributed by atoms with Gasteiger partial charge in [0.25, 0.3) is 0 Å². The van der Waals surface area contributed by atoms with Crippen LogP contribution in [0.15, 0.2) is 30.3 Å². The van der Waals surface area contributed by atoms with E-state index in [2.05, 4.69) is 11.8 Å². The van der Waals surface area contributed by atoms with Gasteiger partial charge in [-0.2, -0.15) is 0 Å². The number of benzene rings is 1. The second kappa shape index (κ2) is 6.14. The number of rotatable bonds is 3. The zero-order valence-corrected chi connectivity index (χ0v) is 7.92. The zero-order valence-electron chi connectivity index (χ0n) is 7.92. The summed E-state index contributed by atoms with van der Waals surface area (Å²) < 4.78 is 5.45. The van der Waals surface area contributed by atoms with E-state index < -0.39 is 0 Å². The van der Waals surface area contributed by atoms with Crippen molar-refractivity contribution < 1.29 is 4.74 Å². The fourth-order valence-electron chi connectivity index (χ4n) is 0.950. The molecule has 0 aliphatic heterocycles. The molecule has 0 heterocycles. The average Bonchev–Trinajstić information content (AvgIpc) is 2.19. The summed E-state index contributed by atoms with van der Waals surface area (Å²) in [7, 11) is 0. The Morgan fingerprint density at radius 2 is 1.92 bits per heavy atom. The van der Waals surface area contributed by atoms with Crippen molar-refractivity contribution in [2.45, 2.75) is 19.8 Å². The van der Waals surface area contributed by atoms with E-state index in [4.69, 9.17) is 4.74 Å². The van der Waals surface area contributed by atoms with Crippen LogP contribution in [-0.4, -0.2) is 6.61 Å². The summed E-state index contributed by atoms with van der Waals surface area (Å²) in [4.78, 5) is 0. The van der Waals surface area contributed by atoms with Gasteiger partial charge in [-0.05, 0) is 12.1 Å². The van der Waals surface area contributed by atoms with E-state index in [-0.39, 0.29) is 0 Å². The zero-order chi connectivity index (χ0) is 9.36. The van der Waals surface area contributed by atoms with Crippen molar-refractivity contribution in [1.29, 1.82) is 0 Å². The largest absolute Gasteiger partial charge is 0.493 e. The van der Waals surface area contributed by atoms with Crippen LogP contribution in [0.3, 0.4) is 0 Å². The first-order chi connectivity index (χ1) is 6.43. The molecule has 0 aromatic heterocycles. The molecular weight excluding hydrogens is 160 g/mol. The van der Waals surface area contributed by atoms with E-state index in [0.717, 1.165) is 18.6 Å². The van der Waals surface area contributed by atoms with Gasteiger partial charge in [-0.15, -0.1) is 5.92 Å². The third-order valence-corrected chi connectivity index (χ3v) is 1.54. The molecule has 0 N–H and O–H groups in total. The fraction of sp³-hybridized carbons (Fsp3) is 0.333. The second-order valence-electron chi connectivity index (χ2n) is 2.62. The molecule has 0 unspecified atom stereocenters. The molecule has 68 valence electrons. The van der Waals surface area contributed by atoms with Gasteiger partial charge in [-0.3, -0.25) is 0 Å². The fourth-order valence-corrected chi connectivity index (χ4v) is 0.950. The average molecular weight is 174 g/mol. The molecule has 0 radical (unpaired) electrons. The topological polar surface area (TPSA) is 9.23 Å². The van der Waals surface area contributed by atoms with Crippen molar-refractivity contribution in [2.24, 2.45) is 0 Å². The molecule has 0 aliphatic carbocycles. The lowest BCUT2D eigenvalue weighted by Crippen LogP contribution is -1.94. The first-order valence-corrected chi connectivity index (χ1v) is 4.57. The lowest BCUT2D eigenvalue weighted by Gasteiger charge is -2.01. The van der Waals surface area contributed by atoms with Crippen LogP contribution in [-0.2, 0) is 0 Å². The number of hydrogen-bond acceptors (Lipinski definition) is 1. The van der Waals surface area contributed by atoms with E-state index >= 15 is 0 Å². The van der Waals surface area contributed by atoms with Crippen LogP contribution in [0.2, 0.25) is 0 Å². The summed E-state index contributed by atoms with van der Waals surface area (Å²) in [6.07, 6.45) is 1.73. The van der Waals surface area contributed by atoms with Crippen molar-refractivity contribution in [3.63, 3.8) is 0 Å². The Balaban J connectivity index is 2.20. The van der Waals surface area contributed by atoms with Gasteiger partial charge in [0.05, 0.1) is 6.61 Å². The second-order valence-corrected chi connectivity index (χ2v) is 2.62. The highest BCUT2D eigenvalue weighted by Crippen LogP contribution is 2.07. The predicted molar refractivity (Wildman–Crippen MR) is 54.6 cm³/mol. The van der Waals surface area contributed by atoms with Crippen LogP contribution < -0.4 is 4.74 Å². The number of ether oxygens (including phenoxy) is 1. The van der Waals surface area contributed by atoms with Crippen LogP contribution >= 0.6 is 0 Å². The third-order valence-electron chi connectivity index (χ3n) is 1.54. The first kappa shape index (κ1) is 9.67. The van der Waals surface area contributed by atoms with E-state index in [1.165, 1.54) is 0 Å². The maximum absolute atomic E-state index is 5.45. The van der Waals surface area contributed by atoms with E-state index in [0.29, 0.717) is 6.61 Å². The van der Waals surface area contributed by atoms with Gasteiger partial charge in [-0.1, -0.05) is 31.0 Å². The van der Waals surface area contributed by atoms with Crippen molar-refractivity contribution in [3.8, 4) is 17.6 Å². The molecule has 0 fully saturated rings. The van der Waals surface area contributed by atoms with Crippen LogP contribution in [0, 0.1) is 11.8 Å². The predicted octanol–water partition coefficient (Wildman–Crippen LogP) is 2.87. The Bertz CT molecular complexity index is 279. The van der Waals surface area contributed by atoms with Crippen LogP contribution in [0.4, 0.5) is 0 Å². The number of para-hydroxylation sites is 1. The molecule has 1 rings (SSSR count). The monoisotopic (exact) mass is 174 g/mol. The molecule has 0 spiro atoms. The van der Waals surface area contributed by atoms with Gasteiger partial charge < -0.3 is 4.74 Å². The molecule has 1 nitrogen and oxygen atoms in total. The molecule has 13 heavy (non-hydrogen) atoms. The molecule has 1 aromatic rings. The van der Waals surface area contributed by atoms with Crippen molar-refractivity contribution in [1.82, 2.24) is 0 Å². The van der Waals surface area contributed by atoms with Crippen LogP contribution in [0.5, 0.6) is 5.75 Å². The molecule has 0 aliphatic rings. The summed E-state index contributed by atoms with van der Waals surface area (Å²) in [6, 6.07) is 9.81. The van der Waals surface area contributed by atoms with Gasteiger partial charge in [0.1, 0.15) is 5.75 Å². The van der Waals surface area contributed by atoms with Crippen LogP contribution in [0.25, 0.3) is 0 Å². The molecule has 1 heteroatoms. The van der Waals surface area contributed by atoms with E-state index in [1.54, 1.807) is 0 Å². The van der Waals surface area contributed by atoms with Crippen molar-refractivity contribution >= 4 is 0 Å². The van der Waals surface area contributed by atoms with Gasteiger partial charge in [0.15, 0.2) is 0 Å². The summed E-state index contributed by atoms with van der Waals surface area (Å²) in [5.41, 5.74) is 0. The Morgan fingerprint density at radius 1 is 1.15 bits per heavy atom. The standard InChI is InChI=1S/C12H14O/c1-2-3-4-8-11-13-12-9-6-5-7-10-12/h5-7,9-10H,2,8,11H2,1H3. The van der Waals surface area contributed by atoms with Gasteiger partial charge in [0, 0.05) is 12.8 Å². The normalized spacial score (nSPS) is 8.69. The smallest absolute Gasteiger partial charge is 0.119 e. The summed E-state index contributed by atoms with van der Waals surface area (Å²) in [5, 5.41) is 0. The molecule has 0 atom stereocenters. The summed E-state index contributed by atoms with van der Waals surface area (Å²) in [6.45, 7) is 2.72. The molecule has 0 saturated carbocycles. The molecular formula is C12H14O. The van der Waals surface area contributed by atoms with E-state index in [9.17, 15) is 0 Å². The Kier molecular flexibility index (Phi) is 4.56. The third kappa shape index (κ3) is 4.22.